The number of aromatic nitrogens is 2. The largest absolute Gasteiger partial charge is 0.492 e. The highest BCUT2D eigenvalue weighted by molar-refractivity contribution is 6.32. The number of hydrogen-bond acceptors (Lipinski definition) is 3. The van der Waals surface area contributed by atoms with Crippen molar-refractivity contribution in [2.75, 3.05) is 13.2 Å². The van der Waals surface area contributed by atoms with Gasteiger partial charge in [-0.3, -0.25) is 4.79 Å². The zero-order valence-electron chi connectivity index (χ0n) is 21.3. The fourth-order valence-corrected chi connectivity index (χ4v) is 4.59. The molecule has 0 aliphatic carbocycles. The Bertz CT molecular complexity index is 1320. The van der Waals surface area contributed by atoms with Gasteiger partial charge < -0.3 is 14.6 Å². The highest BCUT2D eigenvalue weighted by Crippen LogP contribution is 2.26. The van der Waals surface area contributed by atoms with Crippen molar-refractivity contribution in [3.63, 3.8) is 0 Å². The summed E-state index contributed by atoms with van der Waals surface area (Å²) in [5.41, 5.74) is 6.00. The number of ether oxygens (including phenoxy) is 1. The molecule has 0 unspecified atom stereocenters. The predicted molar refractivity (Wildman–Crippen MR) is 147 cm³/mol. The monoisotopic (exact) mass is 503 g/mol. The van der Waals surface area contributed by atoms with Crippen LogP contribution in [0.4, 0.5) is 0 Å². The van der Waals surface area contributed by atoms with E-state index in [0.717, 1.165) is 82.1 Å². The predicted octanol–water partition coefficient (Wildman–Crippen LogP) is 6.84. The van der Waals surface area contributed by atoms with E-state index < -0.39 is 0 Å². The van der Waals surface area contributed by atoms with Gasteiger partial charge in [0.1, 0.15) is 18.2 Å². The molecule has 0 atom stereocenters. The molecule has 1 aromatic heterocycles. The lowest BCUT2D eigenvalue weighted by Gasteiger charge is -2.13. The number of nitrogens with one attached hydrogen (secondary N) is 1. The van der Waals surface area contributed by atoms with E-state index in [0.29, 0.717) is 13.2 Å². The van der Waals surface area contributed by atoms with E-state index in [4.69, 9.17) is 21.3 Å². The third-order valence-electron chi connectivity index (χ3n) is 6.37. The standard InChI is InChI=1S/C30H34ClN3O2/c1-21-10-9-11-24(18-21)30(35)32-15-8-4-5-14-28-33-26-12-6-7-13-27(26)34(28)16-17-36-25-19-22(2)29(31)23(3)20-25/h6-7,9-13,18-20H,4-5,8,14-17H2,1-3H3,(H,32,35). The van der Waals surface area contributed by atoms with Crippen molar-refractivity contribution in [3.8, 4) is 5.75 Å². The number of amides is 1. The Morgan fingerprint density at radius 3 is 2.53 bits per heavy atom. The number of imidazole rings is 1. The average Bonchev–Trinajstić information content (AvgIpc) is 3.21. The minimum Gasteiger partial charge on any atom is -0.492 e. The van der Waals surface area contributed by atoms with E-state index in [1.807, 2.05) is 69.3 Å². The number of halogens is 1. The van der Waals surface area contributed by atoms with Gasteiger partial charge in [0.05, 0.1) is 17.6 Å². The van der Waals surface area contributed by atoms with Crippen molar-refractivity contribution in [1.29, 1.82) is 0 Å². The molecule has 0 fully saturated rings. The Balaban J connectivity index is 1.29. The van der Waals surface area contributed by atoms with Crippen molar-refractivity contribution >= 4 is 28.5 Å². The number of aryl methyl sites for hydroxylation is 4. The highest BCUT2D eigenvalue weighted by atomic mass is 35.5. The smallest absolute Gasteiger partial charge is 0.251 e. The second-order valence-electron chi connectivity index (χ2n) is 9.32. The summed E-state index contributed by atoms with van der Waals surface area (Å²) in [6.45, 7) is 7.95. The number of carbonyl (C=O) groups is 1. The molecule has 36 heavy (non-hydrogen) atoms. The maximum Gasteiger partial charge on any atom is 0.251 e. The summed E-state index contributed by atoms with van der Waals surface area (Å²) in [7, 11) is 0. The lowest BCUT2D eigenvalue weighted by atomic mass is 10.1. The SMILES string of the molecule is Cc1cccc(C(=O)NCCCCCc2nc3ccccc3n2CCOc2cc(C)c(Cl)c(C)c2)c1. The molecule has 0 saturated carbocycles. The third kappa shape index (κ3) is 6.46. The molecule has 4 rings (SSSR count). The van der Waals surface area contributed by atoms with Crippen LogP contribution in [0.3, 0.4) is 0 Å². The van der Waals surface area contributed by atoms with Crippen LogP contribution < -0.4 is 10.1 Å². The molecule has 0 saturated heterocycles. The Kier molecular flexibility index (Phi) is 8.65. The molecule has 5 nitrogen and oxygen atoms in total. The number of hydrogen-bond donors (Lipinski definition) is 1. The van der Waals surface area contributed by atoms with Gasteiger partial charge >= 0.3 is 0 Å². The molecule has 0 spiro atoms. The highest BCUT2D eigenvalue weighted by Gasteiger charge is 2.11. The number of nitrogens with zero attached hydrogens (tertiary/aromatic N) is 2. The summed E-state index contributed by atoms with van der Waals surface area (Å²) in [6, 6.07) is 19.9. The van der Waals surface area contributed by atoms with Gasteiger partial charge in [-0.2, -0.15) is 0 Å². The Morgan fingerprint density at radius 1 is 0.972 bits per heavy atom. The molecule has 4 aromatic rings. The van der Waals surface area contributed by atoms with Crippen molar-refractivity contribution in [2.45, 2.75) is 53.0 Å². The van der Waals surface area contributed by atoms with E-state index in [-0.39, 0.29) is 5.91 Å². The molecule has 1 heterocycles. The number of fused-ring (bicyclic) bond motifs is 1. The van der Waals surface area contributed by atoms with Gasteiger partial charge in [-0.25, -0.2) is 4.98 Å². The minimum absolute atomic E-state index is 0.00781. The first kappa shape index (κ1) is 25.8. The number of carbonyl (C=O) groups excluding carboxylic acids is 1. The van der Waals surface area contributed by atoms with Crippen LogP contribution in [-0.4, -0.2) is 28.6 Å². The number of para-hydroxylation sites is 2. The normalized spacial score (nSPS) is 11.1. The Hall–Kier alpha value is -3.31. The molecule has 188 valence electrons. The number of benzene rings is 3. The topological polar surface area (TPSA) is 56.2 Å². The van der Waals surface area contributed by atoms with Crippen molar-refractivity contribution < 1.29 is 9.53 Å². The zero-order valence-corrected chi connectivity index (χ0v) is 22.1. The van der Waals surface area contributed by atoms with Crippen LogP contribution in [-0.2, 0) is 13.0 Å². The quantitative estimate of drug-likeness (QED) is 0.228. The molecule has 6 heteroatoms. The van der Waals surface area contributed by atoms with Gasteiger partial charge in [-0.1, -0.05) is 47.9 Å². The maximum atomic E-state index is 12.3. The summed E-state index contributed by atoms with van der Waals surface area (Å²) >= 11 is 6.29. The summed E-state index contributed by atoms with van der Waals surface area (Å²) < 4.78 is 8.34. The van der Waals surface area contributed by atoms with E-state index in [9.17, 15) is 4.79 Å². The van der Waals surface area contributed by atoms with Crippen LogP contribution in [0.1, 0.15) is 52.1 Å². The lowest BCUT2D eigenvalue weighted by molar-refractivity contribution is 0.0953. The van der Waals surface area contributed by atoms with E-state index in [1.165, 1.54) is 0 Å². The summed E-state index contributed by atoms with van der Waals surface area (Å²) in [5.74, 6) is 1.91. The first-order chi connectivity index (χ1) is 17.4. The van der Waals surface area contributed by atoms with Crippen LogP contribution in [0.2, 0.25) is 5.02 Å². The average molecular weight is 504 g/mol. The number of unbranched alkanes of at least 4 members (excludes halogenated alkanes) is 2. The minimum atomic E-state index is -0.00781. The molecule has 0 aliphatic rings. The Labute approximate surface area is 218 Å². The molecule has 0 radical (unpaired) electrons. The van der Waals surface area contributed by atoms with Crippen LogP contribution in [0.15, 0.2) is 60.7 Å². The second-order valence-corrected chi connectivity index (χ2v) is 9.70. The first-order valence-corrected chi connectivity index (χ1v) is 13.0. The fraction of sp³-hybridized carbons (Fsp3) is 0.333. The van der Waals surface area contributed by atoms with Gasteiger partial charge in [0.2, 0.25) is 0 Å². The van der Waals surface area contributed by atoms with Crippen molar-refractivity contribution in [2.24, 2.45) is 0 Å². The maximum absolute atomic E-state index is 12.3. The molecule has 1 amide bonds. The van der Waals surface area contributed by atoms with Crippen molar-refractivity contribution in [1.82, 2.24) is 14.9 Å². The van der Waals surface area contributed by atoms with Crippen LogP contribution >= 0.6 is 11.6 Å². The Morgan fingerprint density at radius 2 is 1.75 bits per heavy atom. The molecule has 0 bridgehead atoms. The lowest BCUT2D eigenvalue weighted by Crippen LogP contribution is -2.24. The summed E-state index contributed by atoms with van der Waals surface area (Å²) in [5, 5.41) is 3.82. The van der Waals surface area contributed by atoms with Crippen molar-refractivity contribution in [3.05, 3.63) is 93.8 Å². The van der Waals surface area contributed by atoms with E-state index in [2.05, 4.69) is 22.0 Å². The fourth-order valence-electron chi connectivity index (χ4n) is 4.49. The van der Waals surface area contributed by atoms with E-state index in [1.54, 1.807) is 0 Å². The molecule has 0 aliphatic heterocycles. The van der Waals surface area contributed by atoms with Gasteiger partial charge in [0.15, 0.2) is 0 Å². The number of rotatable bonds is 11. The third-order valence-corrected chi connectivity index (χ3v) is 6.97. The van der Waals surface area contributed by atoms with Gasteiger partial charge in [0, 0.05) is 23.6 Å². The zero-order chi connectivity index (χ0) is 25.5. The summed E-state index contributed by atoms with van der Waals surface area (Å²) in [4.78, 5) is 17.2. The van der Waals surface area contributed by atoms with Crippen LogP contribution in [0, 0.1) is 20.8 Å². The molecule has 3 aromatic carbocycles. The molecular weight excluding hydrogens is 470 g/mol. The first-order valence-electron chi connectivity index (χ1n) is 12.6. The molecule has 1 N–H and O–H groups in total. The van der Waals surface area contributed by atoms with Crippen LogP contribution in [0.25, 0.3) is 11.0 Å². The van der Waals surface area contributed by atoms with Gasteiger partial charge in [0.25, 0.3) is 5.91 Å². The molecular formula is C30H34ClN3O2. The van der Waals surface area contributed by atoms with Crippen LogP contribution in [0.5, 0.6) is 5.75 Å². The van der Waals surface area contributed by atoms with Gasteiger partial charge in [-0.15, -0.1) is 0 Å². The summed E-state index contributed by atoms with van der Waals surface area (Å²) in [6.07, 6.45) is 3.87. The van der Waals surface area contributed by atoms with E-state index >= 15 is 0 Å². The van der Waals surface area contributed by atoms with Gasteiger partial charge in [-0.05, 0) is 81.1 Å². The second kappa shape index (κ2) is 12.1.